The molecule has 2 aliphatic heterocycles. The van der Waals surface area contributed by atoms with E-state index in [0.29, 0.717) is 5.54 Å². The van der Waals surface area contributed by atoms with Crippen LogP contribution in [0.4, 0.5) is 26.3 Å². The monoisotopic (exact) mass is 546 g/mol. The summed E-state index contributed by atoms with van der Waals surface area (Å²) in [6.45, 7) is 5.27. The van der Waals surface area contributed by atoms with E-state index >= 15 is 0 Å². The standard InChI is InChI=1S/C18H30N4O.2C2HF3O2/c1-19(2)14-15-22-11-5-7-18(22)8-12-21(13-9-18)17(23)16-6-4-10-20(16)3;2*3-2(4,5)1(6)7/h4,6,10H,5,7-9,11-15H2,1-3H3;2*(H,6,7). The molecule has 37 heavy (non-hydrogen) atoms. The zero-order valence-electron chi connectivity index (χ0n) is 20.8. The van der Waals surface area contributed by atoms with E-state index in [0.717, 1.165) is 44.7 Å². The molecule has 0 unspecified atom stereocenters. The van der Waals surface area contributed by atoms with Gasteiger partial charge in [-0.05, 0) is 58.5 Å². The molecular weight excluding hydrogens is 514 g/mol. The molecule has 15 heteroatoms. The molecule has 0 atom stereocenters. The summed E-state index contributed by atoms with van der Waals surface area (Å²) in [4.78, 5) is 37.5. The topological polar surface area (TPSA) is 106 Å². The van der Waals surface area contributed by atoms with Crippen LogP contribution in [0.3, 0.4) is 0 Å². The van der Waals surface area contributed by atoms with Gasteiger partial charge in [-0.25, -0.2) is 9.59 Å². The molecule has 2 fully saturated rings. The van der Waals surface area contributed by atoms with E-state index in [2.05, 4.69) is 23.9 Å². The lowest BCUT2D eigenvalue weighted by Crippen LogP contribution is -2.54. The van der Waals surface area contributed by atoms with E-state index in [-0.39, 0.29) is 5.91 Å². The molecule has 0 bridgehead atoms. The highest BCUT2D eigenvalue weighted by Crippen LogP contribution is 2.38. The first-order valence-electron chi connectivity index (χ1n) is 11.3. The fraction of sp³-hybridized carbons (Fsp3) is 0.682. The van der Waals surface area contributed by atoms with Gasteiger partial charge in [0.25, 0.3) is 5.91 Å². The zero-order chi connectivity index (χ0) is 28.6. The Morgan fingerprint density at radius 3 is 1.81 bits per heavy atom. The van der Waals surface area contributed by atoms with Crippen LogP contribution in [0, 0.1) is 0 Å². The number of carbonyl (C=O) groups excluding carboxylic acids is 1. The second kappa shape index (κ2) is 13.1. The SMILES string of the molecule is CN(C)CCN1CCCC12CCN(C(=O)c1cccn1C)CC2.O=C(O)C(F)(F)F.O=C(O)C(F)(F)F. The third kappa shape index (κ3) is 9.87. The summed E-state index contributed by atoms with van der Waals surface area (Å²) in [6.07, 6.45) is -3.38. The fourth-order valence-electron chi connectivity index (χ4n) is 4.20. The number of carboxylic acids is 2. The summed E-state index contributed by atoms with van der Waals surface area (Å²) in [5.41, 5.74) is 1.15. The molecule has 0 aliphatic carbocycles. The maximum Gasteiger partial charge on any atom is 0.490 e. The van der Waals surface area contributed by atoms with Crippen molar-refractivity contribution in [2.75, 3.05) is 46.8 Å². The Morgan fingerprint density at radius 1 is 0.946 bits per heavy atom. The summed E-state index contributed by atoms with van der Waals surface area (Å²) < 4.78 is 65.4. The molecule has 1 amide bonds. The average Bonchev–Trinajstić information content (AvgIpc) is 3.38. The van der Waals surface area contributed by atoms with Gasteiger partial charge in [-0.15, -0.1) is 0 Å². The lowest BCUT2D eigenvalue weighted by Gasteiger charge is -2.45. The van der Waals surface area contributed by atoms with E-state index in [4.69, 9.17) is 19.8 Å². The largest absolute Gasteiger partial charge is 0.490 e. The van der Waals surface area contributed by atoms with Crippen LogP contribution in [0.25, 0.3) is 0 Å². The molecule has 1 aromatic heterocycles. The van der Waals surface area contributed by atoms with Gasteiger partial charge in [0.2, 0.25) is 0 Å². The zero-order valence-corrected chi connectivity index (χ0v) is 20.8. The molecule has 2 N–H and O–H groups in total. The lowest BCUT2D eigenvalue weighted by molar-refractivity contribution is -0.193. The number of likely N-dealkylation sites (tertiary alicyclic amines) is 2. The summed E-state index contributed by atoms with van der Waals surface area (Å²) >= 11 is 0. The van der Waals surface area contributed by atoms with Gasteiger partial charge in [-0.2, -0.15) is 26.3 Å². The Hall–Kier alpha value is -2.81. The number of amides is 1. The van der Waals surface area contributed by atoms with Gasteiger partial charge in [0.05, 0.1) is 0 Å². The Morgan fingerprint density at radius 2 is 1.43 bits per heavy atom. The number of carboxylic acid groups (broad SMARTS) is 2. The third-order valence-electron chi connectivity index (χ3n) is 6.19. The van der Waals surface area contributed by atoms with Gasteiger partial charge in [0.1, 0.15) is 5.69 Å². The number of halogens is 6. The smallest absolute Gasteiger partial charge is 0.475 e. The fourth-order valence-corrected chi connectivity index (χ4v) is 4.20. The predicted molar refractivity (Wildman–Crippen MR) is 120 cm³/mol. The molecule has 9 nitrogen and oxygen atoms in total. The number of aliphatic carboxylic acids is 2. The number of piperidine rings is 1. The molecule has 1 aromatic rings. The van der Waals surface area contributed by atoms with Crippen molar-refractivity contribution in [3.8, 4) is 0 Å². The van der Waals surface area contributed by atoms with E-state index in [1.54, 1.807) is 0 Å². The minimum absolute atomic E-state index is 0.185. The van der Waals surface area contributed by atoms with Crippen LogP contribution in [-0.4, -0.2) is 112 Å². The molecule has 0 saturated carbocycles. The first-order valence-corrected chi connectivity index (χ1v) is 11.3. The molecule has 3 rings (SSSR count). The number of aromatic nitrogens is 1. The highest BCUT2D eigenvalue weighted by atomic mass is 19.4. The number of rotatable bonds is 4. The summed E-state index contributed by atoms with van der Waals surface area (Å²) in [5, 5.41) is 14.2. The molecule has 2 saturated heterocycles. The number of hydrogen-bond donors (Lipinski definition) is 2. The van der Waals surface area contributed by atoms with Gasteiger partial charge in [-0.1, -0.05) is 0 Å². The van der Waals surface area contributed by atoms with Crippen molar-refractivity contribution >= 4 is 17.8 Å². The quantitative estimate of drug-likeness (QED) is 0.560. The lowest BCUT2D eigenvalue weighted by atomic mass is 9.85. The van der Waals surface area contributed by atoms with Crippen LogP contribution in [-0.2, 0) is 16.6 Å². The Labute approximate surface area is 210 Å². The number of likely N-dealkylation sites (N-methyl/N-ethyl adjacent to an activating group) is 1. The van der Waals surface area contributed by atoms with Gasteiger partial charge in [-0.3, -0.25) is 9.69 Å². The third-order valence-corrected chi connectivity index (χ3v) is 6.19. The minimum Gasteiger partial charge on any atom is -0.475 e. The van der Waals surface area contributed by atoms with Gasteiger partial charge >= 0.3 is 24.3 Å². The first kappa shape index (κ1) is 32.2. The molecule has 0 radical (unpaired) electrons. The molecule has 212 valence electrons. The molecule has 3 heterocycles. The highest BCUT2D eigenvalue weighted by Gasteiger charge is 2.43. The second-order valence-corrected chi connectivity index (χ2v) is 9.02. The van der Waals surface area contributed by atoms with Crippen molar-refractivity contribution in [3.63, 3.8) is 0 Å². The molecule has 2 aliphatic rings. The minimum atomic E-state index is -5.08. The van der Waals surface area contributed by atoms with Crippen LogP contribution in [0.1, 0.15) is 36.2 Å². The van der Waals surface area contributed by atoms with Crippen molar-refractivity contribution in [3.05, 3.63) is 24.0 Å². The van der Waals surface area contributed by atoms with Crippen LogP contribution >= 0.6 is 0 Å². The number of hydrogen-bond acceptors (Lipinski definition) is 5. The van der Waals surface area contributed by atoms with E-state index < -0.39 is 24.3 Å². The Bertz CT molecular complexity index is 884. The van der Waals surface area contributed by atoms with Crippen molar-refractivity contribution in [2.45, 2.75) is 43.6 Å². The maximum absolute atomic E-state index is 12.7. The van der Waals surface area contributed by atoms with Gasteiger partial charge in [0, 0.05) is 45.0 Å². The predicted octanol–water partition coefficient (Wildman–Crippen LogP) is 2.92. The molecule has 0 aromatic carbocycles. The van der Waals surface area contributed by atoms with Crippen molar-refractivity contribution in [2.24, 2.45) is 7.05 Å². The Balaban J connectivity index is 0.000000404. The van der Waals surface area contributed by atoms with E-state index in [9.17, 15) is 31.1 Å². The van der Waals surface area contributed by atoms with Crippen molar-refractivity contribution < 1.29 is 50.9 Å². The Kier molecular flexibility index (Phi) is 11.4. The van der Waals surface area contributed by atoms with Crippen LogP contribution in [0.15, 0.2) is 18.3 Å². The van der Waals surface area contributed by atoms with E-state index in [1.165, 1.54) is 19.4 Å². The van der Waals surface area contributed by atoms with Gasteiger partial charge in [0.15, 0.2) is 0 Å². The number of aryl methyl sites for hydroxylation is 1. The average molecular weight is 547 g/mol. The highest BCUT2D eigenvalue weighted by molar-refractivity contribution is 5.92. The second-order valence-electron chi connectivity index (χ2n) is 9.02. The van der Waals surface area contributed by atoms with E-state index in [1.807, 2.05) is 34.8 Å². The van der Waals surface area contributed by atoms with Crippen LogP contribution < -0.4 is 0 Å². The normalized spacial score (nSPS) is 17.6. The van der Waals surface area contributed by atoms with Crippen molar-refractivity contribution in [1.82, 2.24) is 19.3 Å². The first-order chi connectivity index (χ1) is 16.9. The summed E-state index contributed by atoms with van der Waals surface area (Å²) in [7, 11) is 6.23. The number of alkyl halides is 6. The summed E-state index contributed by atoms with van der Waals surface area (Å²) in [6, 6.07) is 3.87. The van der Waals surface area contributed by atoms with Crippen molar-refractivity contribution in [1.29, 1.82) is 0 Å². The van der Waals surface area contributed by atoms with Crippen LogP contribution in [0.5, 0.6) is 0 Å². The molecular formula is C22H32F6N4O5. The summed E-state index contributed by atoms with van der Waals surface area (Å²) in [5.74, 6) is -5.33. The van der Waals surface area contributed by atoms with Crippen LogP contribution in [0.2, 0.25) is 0 Å². The molecule has 1 spiro atoms. The van der Waals surface area contributed by atoms with Gasteiger partial charge < -0.3 is 24.6 Å². The number of nitrogens with zero attached hydrogens (tertiary/aromatic N) is 4. The maximum atomic E-state index is 12.7. The number of carbonyl (C=O) groups is 3.